The predicted molar refractivity (Wildman–Crippen MR) is 109 cm³/mol. The van der Waals surface area contributed by atoms with Crippen molar-refractivity contribution >= 4 is 5.96 Å². The number of aliphatic imine (C=N–C) groups is 1. The summed E-state index contributed by atoms with van der Waals surface area (Å²) in [5, 5.41) is 6.71. The molecule has 2 rings (SSSR count). The Morgan fingerprint density at radius 2 is 2.15 bits per heavy atom. The SMILES string of the molecule is CCOc1cc2c(cc1CNC(=NC)NCCN(C)CCOC)OC(C)C2. The molecule has 2 N–H and O–H groups in total. The average Bonchev–Trinajstić information content (AvgIpc) is 3.01. The molecule has 1 aliphatic heterocycles. The molecule has 0 spiro atoms. The fraction of sp³-hybridized carbons (Fsp3) is 0.650. The summed E-state index contributed by atoms with van der Waals surface area (Å²) in [7, 11) is 5.58. The summed E-state index contributed by atoms with van der Waals surface area (Å²) in [6, 6.07) is 4.20. The highest BCUT2D eigenvalue weighted by Gasteiger charge is 2.21. The summed E-state index contributed by atoms with van der Waals surface area (Å²) in [4.78, 5) is 6.52. The van der Waals surface area contributed by atoms with Gasteiger partial charge in [-0.1, -0.05) is 0 Å². The number of likely N-dealkylation sites (N-methyl/N-ethyl adjacent to an activating group) is 1. The number of hydrogen-bond acceptors (Lipinski definition) is 5. The van der Waals surface area contributed by atoms with Crippen molar-refractivity contribution in [2.75, 3.05) is 54.1 Å². The van der Waals surface area contributed by atoms with Crippen molar-refractivity contribution in [1.29, 1.82) is 0 Å². The van der Waals surface area contributed by atoms with Crippen LogP contribution in [0.15, 0.2) is 17.1 Å². The number of guanidine groups is 1. The van der Waals surface area contributed by atoms with Crippen molar-refractivity contribution in [2.24, 2.45) is 4.99 Å². The highest BCUT2D eigenvalue weighted by molar-refractivity contribution is 5.79. The highest BCUT2D eigenvalue weighted by Crippen LogP contribution is 2.35. The van der Waals surface area contributed by atoms with Crippen LogP contribution < -0.4 is 20.1 Å². The number of nitrogens with one attached hydrogen (secondary N) is 2. The number of rotatable bonds is 10. The standard InChI is InChI=1S/C20H34N4O3/c1-6-26-18-12-16-11-15(2)27-19(16)13-17(18)14-23-20(21-3)22-7-8-24(4)9-10-25-5/h12-13,15H,6-11,14H2,1-5H3,(H2,21,22,23). The van der Waals surface area contributed by atoms with Gasteiger partial charge in [0.25, 0.3) is 0 Å². The zero-order chi connectivity index (χ0) is 19.6. The van der Waals surface area contributed by atoms with Crippen LogP contribution >= 0.6 is 0 Å². The fourth-order valence-corrected chi connectivity index (χ4v) is 3.03. The lowest BCUT2D eigenvalue weighted by Crippen LogP contribution is -2.41. The van der Waals surface area contributed by atoms with Crippen LogP contribution in [0.3, 0.4) is 0 Å². The molecule has 0 aliphatic carbocycles. The van der Waals surface area contributed by atoms with E-state index < -0.39 is 0 Å². The second-order valence-corrected chi connectivity index (χ2v) is 6.78. The van der Waals surface area contributed by atoms with Crippen molar-refractivity contribution in [2.45, 2.75) is 32.9 Å². The lowest BCUT2D eigenvalue weighted by Gasteiger charge is -2.18. The number of hydrogen-bond donors (Lipinski definition) is 2. The normalized spacial score (nSPS) is 16.2. The van der Waals surface area contributed by atoms with Gasteiger partial charge in [-0.3, -0.25) is 4.99 Å². The molecule has 0 fully saturated rings. The van der Waals surface area contributed by atoms with Crippen molar-refractivity contribution in [3.63, 3.8) is 0 Å². The summed E-state index contributed by atoms with van der Waals surface area (Å²) < 4.78 is 16.8. The zero-order valence-electron chi connectivity index (χ0n) is 17.3. The highest BCUT2D eigenvalue weighted by atomic mass is 16.5. The molecule has 0 saturated heterocycles. The van der Waals surface area contributed by atoms with E-state index >= 15 is 0 Å². The molecule has 1 aromatic rings. The van der Waals surface area contributed by atoms with Gasteiger partial charge < -0.3 is 29.7 Å². The van der Waals surface area contributed by atoms with Gasteiger partial charge in [-0.15, -0.1) is 0 Å². The average molecular weight is 379 g/mol. The topological polar surface area (TPSA) is 67.4 Å². The molecular formula is C20H34N4O3. The van der Waals surface area contributed by atoms with E-state index in [-0.39, 0.29) is 6.10 Å². The first-order valence-electron chi connectivity index (χ1n) is 9.64. The number of ether oxygens (including phenoxy) is 3. The maximum Gasteiger partial charge on any atom is 0.191 e. The second kappa shape index (κ2) is 11.0. The van der Waals surface area contributed by atoms with Gasteiger partial charge in [0.05, 0.1) is 13.2 Å². The molecule has 0 aromatic heterocycles. The van der Waals surface area contributed by atoms with Gasteiger partial charge in [0.1, 0.15) is 17.6 Å². The molecule has 1 heterocycles. The van der Waals surface area contributed by atoms with E-state index in [4.69, 9.17) is 14.2 Å². The number of methoxy groups -OCH3 is 1. The molecule has 1 atom stereocenters. The Bertz CT molecular complexity index is 621. The van der Waals surface area contributed by atoms with Crippen LogP contribution in [0.1, 0.15) is 25.0 Å². The first kappa shape index (κ1) is 21.3. The number of nitrogens with zero attached hydrogens (tertiary/aromatic N) is 2. The third-order valence-electron chi connectivity index (χ3n) is 4.51. The third-order valence-corrected chi connectivity index (χ3v) is 4.51. The minimum atomic E-state index is 0.224. The minimum absolute atomic E-state index is 0.224. The van der Waals surface area contributed by atoms with Crippen LogP contribution in [0.25, 0.3) is 0 Å². The van der Waals surface area contributed by atoms with Gasteiger partial charge in [0.2, 0.25) is 0 Å². The van der Waals surface area contributed by atoms with Crippen LogP contribution in [0.5, 0.6) is 11.5 Å². The maximum atomic E-state index is 5.89. The molecule has 7 nitrogen and oxygen atoms in total. The zero-order valence-corrected chi connectivity index (χ0v) is 17.3. The first-order valence-corrected chi connectivity index (χ1v) is 9.64. The lowest BCUT2D eigenvalue weighted by atomic mass is 10.1. The summed E-state index contributed by atoms with van der Waals surface area (Å²) in [5.41, 5.74) is 2.29. The predicted octanol–water partition coefficient (Wildman–Crippen LogP) is 1.65. The molecular weight excluding hydrogens is 344 g/mol. The van der Waals surface area contributed by atoms with E-state index in [9.17, 15) is 0 Å². The minimum Gasteiger partial charge on any atom is -0.494 e. The molecule has 0 amide bonds. The van der Waals surface area contributed by atoms with Gasteiger partial charge in [0, 0.05) is 57.9 Å². The summed E-state index contributed by atoms with van der Waals surface area (Å²) in [5.74, 6) is 2.65. The molecule has 0 radical (unpaired) electrons. The van der Waals surface area contributed by atoms with Gasteiger partial charge in [-0.2, -0.15) is 0 Å². The number of fused-ring (bicyclic) bond motifs is 1. The molecule has 27 heavy (non-hydrogen) atoms. The molecule has 1 unspecified atom stereocenters. The molecule has 1 aliphatic rings. The number of benzene rings is 1. The van der Waals surface area contributed by atoms with E-state index in [1.807, 2.05) is 6.92 Å². The van der Waals surface area contributed by atoms with Crippen LogP contribution in [-0.4, -0.2) is 71.0 Å². The second-order valence-electron chi connectivity index (χ2n) is 6.78. The Kier molecular flexibility index (Phi) is 8.67. The van der Waals surface area contributed by atoms with E-state index in [0.717, 1.165) is 55.7 Å². The lowest BCUT2D eigenvalue weighted by molar-refractivity contribution is 0.162. The third kappa shape index (κ3) is 6.59. The molecule has 0 saturated carbocycles. The Labute approximate surface area is 163 Å². The Balaban J connectivity index is 1.89. The van der Waals surface area contributed by atoms with E-state index in [1.165, 1.54) is 5.56 Å². The molecule has 152 valence electrons. The van der Waals surface area contributed by atoms with E-state index in [0.29, 0.717) is 13.2 Å². The monoisotopic (exact) mass is 378 g/mol. The van der Waals surface area contributed by atoms with Crippen LogP contribution in [0.4, 0.5) is 0 Å². The van der Waals surface area contributed by atoms with Crippen LogP contribution in [-0.2, 0) is 17.7 Å². The maximum absolute atomic E-state index is 5.89. The molecule has 7 heteroatoms. The van der Waals surface area contributed by atoms with Crippen molar-refractivity contribution in [3.8, 4) is 11.5 Å². The largest absolute Gasteiger partial charge is 0.494 e. The fourth-order valence-electron chi connectivity index (χ4n) is 3.03. The Morgan fingerprint density at radius 3 is 2.85 bits per heavy atom. The van der Waals surface area contributed by atoms with Gasteiger partial charge in [0.15, 0.2) is 5.96 Å². The molecule has 0 bridgehead atoms. The quantitative estimate of drug-likeness (QED) is 0.477. The van der Waals surface area contributed by atoms with Gasteiger partial charge in [-0.25, -0.2) is 0 Å². The van der Waals surface area contributed by atoms with E-state index in [2.05, 4.69) is 46.6 Å². The van der Waals surface area contributed by atoms with Gasteiger partial charge in [-0.05, 0) is 33.0 Å². The molecule has 1 aromatic carbocycles. The summed E-state index contributed by atoms with van der Waals surface area (Å²) in [6.07, 6.45) is 1.16. The first-order chi connectivity index (χ1) is 13.1. The smallest absolute Gasteiger partial charge is 0.191 e. The van der Waals surface area contributed by atoms with Crippen molar-refractivity contribution in [1.82, 2.24) is 15.5 Å². The van der Waals surface area contributed by atoms with Crippen LogP contribution in [0.2, 0.25) is 0 Å². The van der Waals surface area contributed by atoms with Crippen molar-refractivity contribution in [3.05, 3.63) is 23.3 Å². The summed E-state index contributed by atoms with van der Waals surface area (Å²) >= 11 is 0. The van der Waals surface area contributed by atoms with Gasteiger partial charge >= 0.3 is 0 Å². The summed E-state index contributed by atoms with van der Waals surface area (Å²) in [6.45, 7) is 8.74. The Hall–Kier alpha value is -1.99. The van der Waals surface area contributed by atoms with Crippen molar-refractivity contribution < 1.29 is 14.2 Å². The Morgan fingerprint density at radius 1 is 1.33 bits per heavy atom. The van der Waals surface area contributed by atoms with E-state index in [1.54, 1.807) is 14.2 Å². The van der Waals surface area contributed by atoms with Crippen LogP contribution in [0, 0.1) is 0 Å².